The predicted molar refractivity (Wildman–Crippen MR) is 90.3 cm³/mol. The van der Waals surface area contributed by atoms with Crippen molar-refractivity contribution in [1.29, 1.82) is 5.26 Å². The monoisotopic (exact) mass is 320 g/mol. The summed E-state index contributed by atoms with van der Waals surface area (Å²) >= 11 is 10.8. The molecule has 0 amide bonds. The average molecular weight is 321 g/mol. The summed E-state index contributed by atoms with van der Waals surface area (Å²) in [6.45, 7) is 5.34. The van der Waals surface area contributed by atoms with E-state index in [9.17, 15) is 0 Å². The molecule has 1 saturated heterocycles. The van der Waals surface area contributed by atoms with Gasteiger partial charge in [0, 0.05) is 42.6 Å². The van der Waals surface area contributed by atoms with Crippen molar-refractivity contribution in [2.45, 2.75) is 6.92 Å². The molecule has 1 heterocycles. The van der Waals surface area contributed by atoms with E-state index in [-0.39, 0.29) is 4.99 Å². The molecule has 0 aliphatic carbocycles. The second-order valence-electron chi connectivity index (χ2n) is 4.89. The highest BCUT2D eigenvalue weighted by Gasteiger charge is 2.19. The van der Waals surface area contributed by atoms with Gasteiger partial charge in [-0.15, -0.1) is 0 Å². The van der Waals surface area contributed by atoms with Gasteiger partial charge in [-0.3, -0.25) is 0 Å². The first-order valence-electron chi connectivity index (χ1n) is 6.69. The highest BCUT2D eigenvalue weighted by Crippen LogP contribution is 2.21. The maximum Gasteiger partial charge on any atom is 0.116 e. The Hall–Kier alpha value is -1.77. The quantitative estimate of drug-likeness (QED) is 0.527. The van der Waals surface area contributed by atoms with Gasteiger partial charge in [0.2, 0.25) is 0 Å². The molecule has 0 saturated carbocycles. The number of nitrogens with two attached hydrogens (primary N) is 1. The maximum atomic E-state index is 9.13. The van der Waals surface area contributed by atoms with Crippen LogP contribution in [-0.4, -0.2) is 36.1 Å². The summed E-state index contributed by atoms with van der Waals surface area (Å²) in [6.07, 6.45) is 0. The molecule has 6 heteroatoms. The summed E-state index contributed by atoms with van der Waals surface area (Å²) in [5.41, 5.74) is 8.02. The molecule has 2 N–H and O–H groups in total. The summed E-state index contributed by atoms with van der Waals surface area (Å²) in [4.78, 5) is 4.62. The van der Waals surface area contributed by atoms with Gasteiger partial charge in [-0.2, -0.15) is 5.26 Å². The number of rotatable bonds is 3. The van der Waals surface area contributed by atoms with Gasteiger partial charge >= 0.3 is 0 Å². The van der Waals surface area contributed by atoms with Crippen LogP contribution in [0.2, 0.25) is 5.02 Å². The van der Waals surface area contributed by atoms with E-state index in [0.29, 0.717) is 5.57 Å². The van der Waals surface area contributed by atoms with E-state index >= 15 is 0 Å². The van der Waals surface area contributed by atoms with Crippen molar-refractivity contribution < 1.29 is 0 Å². The largest absolute Gasteiger partial charge is 0.389 e. The normalized spacial score (nSPS) is 16.2. The fraction of sp³-hybridized carbons (Fsp3) is 0.333. The predicted octanol–water partition coefficient (Wildman–Crippen LogP) is 2.55. The zero-order chi connectivity index (χ0) is 15.4. The molecule has 1 fully saturated rings. The Bertz CT molecular complexity index is 595. The molecule has 0 radical (unpaired) electrons. The van der Waals surface area contributed by atoms with Crippen molar-refractivity contribution in [1.82, 2.24) is 4.90 Å². The minimum absolute atomic E-state index is 0.162. The molecule has 1 aliphatic rings. The van der Waals surface area contributed by atoms with Crippen LogP contribution in [-0.2, 0) is 0 Å². The first-order chi connectivity index (χ1) is 10.0. The topological polar surface area (TPSA) is 56.3 Å². The fourth-order valence-corrected chi connectivity index (χ4v) is 2.74. The van der Waals surface area contributed by atoms with Gasteiger partial charge in [-0.1, -0.05) is 23.8 Å². The Morgan fingerprint density at radius 2 is 1.81 bits per heavy atom. The summed E-state index contributed by atoms with van der Waals surface area (Å²) in [7, 11) is 0. The van der Waals surface area contributed by atoms with Crippen LogP contribution in [0.1, 0.15) is 6.92 Å². The van der Waals surface area contributed by atoms with Gasteiger partial charge < -0.3 is 15.5 Å². The molecule has 1 aromatic carbocycles. The zero-order valence-electron chi connectivity index (χ0n) is 11.8. The molecule has 0 bridgehead atoms. The number of allylic oxidation sites excluding steroid dienone is 1. The second kappa shape index (κ2) is 6.79. The first-order valence-corrected chi connectivity index (χ1v) is 7.48. The first kappa shape index (κ1) is 15.6. The summed E-state index contributed by atoms with van der Waals surface area (Å²) in [5, 5.41) is 9.87. The zero-order valence-corrected chi connectivity index (χ0v) is 13.4. The third kappa shape index (κ3) is 3.66. The molecule has 110 valence electrons. The maximum absolute atomic E-state index is 9.13. The van der Waals surface area contributed by atoms with Crippen molar-refractivity contribution in [3.05, 3.63) is 40.6 Å². The van der Waals surface area contributed by atoms with Crippen LogP contribution >= 0.6 is 23.8 Å². The van der Waals surface area contributed by atoms with Gasteiger partial charge in [0.1, 0.15) is 16.6 Å². The van der Waals surface area contributed by atoms with Crippen LogP contribution in [0.15, 0.2) is 35.5 Å². The average Bonchev–Trinajstić information content (AvgIpc) is 2.48. The van der Waals surface area contributed by atoms with E-state index < -0.39 is 0 Å². The highest BCUT2D eigenvalue weighted by molar-refractivity contribution is 7.80. The second-order valence-corrected chi connectivity index (χ2v) is 5.76. The van der Waals surface area contributed by atoms with Crippen molar-refractivity contribution in [3.8, 4) is 6.07 Å². The Labute approximate surface area is 135 Å². The smallest absolute Gasteiger partial charge is 0.116 e. The van der Waals surface area contributed by atoms with Crippen molar-refractivity contribution in [3.63, 3.8) is 0 Å². The van der Waals surface area contributed by atoms with Crippen molar-refractivity contribution >= 4 is 34.5 Å². The summed E-state index contributed by atoms with van der Waals surface area (Å²) in [6, 6.07) is 9.94. The molecule has 4 nitrogen and oxygen atoms in total. The molecular formula is C15H17ClN4S. The Morgan fingerprint density at radius 3 is 2.29 bits per heavy atom. The molecule has 0 atom stereocenters. The number of hydrogen-bond acceptors (Lipinski definition) is 4. The van der Waals surface area contributed by atoms with Crippen LogP contribution in [0.4, 0.5) is 5.69 Å². The molecule has 0 spiro atoms. The number of anilines is 1. The lowest BCUT2D eigenvalue weighted by Crippen LogP contribution is -2.46. The van der Waals surface area contributed by atoms with E-state index in [2.05, 4.69) is 15.9 Å². The van der Waals surface area contributed by atoms with E-state index in [1.807, 2.05) is 31.2 Å². The van der Waals surface area contributed by atoms with Crippen LogP contribution in [0.5, 0.6) is 0 Å². The van der Waals surface area contributed by atoms with Crippen LogP contribution in [0.3, 0.4) is 0 Å². The third-order valence-corrected chi connectivity index (χ3v) is 4.12. The number of benzene rings is 1. The fourth-order valence-electron chi connectivity index (χ4n) is 2.42. The molecule has 2 rings (SSSR count). The number of piperazine rings is 1. The van der Waals surface area contributed by atoms with Gasteiger partial charge in [0.15, 0.2) is 0 Å². The summed E-state index contributed by atoms with van der Waals surface area (Å²) in [5.74, 6) is 0. The van der Waals surface area contributed by atoms with E-state index in [4.69, 9.17) is 34.8 Å². The third-order valence-electron chi connectivity index (χ3n) is 3.67. The van der Waals surface area contributed by atoms with Gasteiger partial charge in [-0.05, 0) is 31.2 Å². The van der Waals surface area contributed by atoms with Crippen molar-refractivity contribution in [2.75, 3.05) is 31.1 Å². The van der Waals surface area contributed by atoms with Crippen LogP contribution in [0, 0.1) is 11.3 Å². The van der Waals surface area contributed by atoms with Crippen molar-refractivity contribution in [2.24, 2.45) is 5.73 Å². The summed E-state index contributed by atoms with van der Waals surface area (Å²) < 4.78 is 0. The molecular weight excluding hydrogens is 304 g/mol. The van der Waals surface area contributed by atoms with Crippen LogP contribution in [0.25, 0.3) is 0 Å². The molecule has 21 heavy (non-hydrogen) atoms. The standard InChI is InChI=1S/C15H17ClN4S/c1-11(14(10-17)15(18)21)19-6-8-20(9-7-19)13-4-2-12(16)3-5-13/h2-5H,6-9H2,1H3,(H2,18,21). The number of nitrogens with zero attached hydrogens (tertiary/aromatic N) is 3. The molecule has 1 aliphatic heterocycles. The molecule has 0 aromatic heterocycles. The molecule has 0 unspecified atom stereocenters. The Balaban J connectivity index is 2.05. The van der Waals surface area contributed by atoms with Gasteiger partial charge in [0.25, 0.3) is 0 Å². The highest BCUT2D eigenvalue weighted by atomic mass is 35.5. The Morgan fingerprint density at radius 1 is 1.24 bits per heavy atom. The number of halogens is 1. The van der Waals surface area contributed by atoms with Gasteiger partial charge in [-0.25, -0.2) is 0 Å². The van der Waals surface area contributed by atoms with E-state index in [1.165, 1.54) is 0 Å². The minimum atomic E-state index is 0.162. The number of thiocarbonyl (C=S) groups is 1. The lowest BCUT2D eigenvalue weighted by molar-refractivity contribution is 0.321. The minimum Gasteiger partial charge on any atom is -0.389 e. The number of hydrogen-bond donors (Lipinski definition) is 1. The lowest BCUT2D eigenvalue weighted by Gasteiger charge is -2.38. The SMILES string of the molecule is CC(=C(C#N)C(N)=S)N1CCN(c2ccc(Cl)cc2)CC1. The Kier molecular flexibility index (Phi) is 5.05. The molecule has 1 aromatic rings. The number of nitriles is 1. The van der Waals surface area contributed by atoms with E-state index in [0.717, 1.165) is 42.6 Å². The van der Waals surface area contributed by atoms with E-state index in [1.54, 1.807) is 0 Å². The van der Waals surface area contributed by atoms with Crippen LogP contribution < -0.4 is 10.6 Å². The van der Waals surface area contributed by atoms with Gasteiger partial charge in [0.05, 0.1) is 0 Å². The lowest BCUT2D eigenvalue weighted by atomic mass is 10.2.